The molecule has 1 aliphatic heterocycles. The van der Waals surface area contributed by atoms with Gasteiger partial charge in [-0.2, -0.15) is 0 Å². The number of pyridine rings is 2. The third kappa shape index (κ3) is 9.16. The smallest absolute Gasteiger partial charge is 0.410 e. The molecule has 0 spiro atoms. The number of piperazine rings is 1. The largest absolute Gasteiger partial charge is 0.477 e. The number of nitrogens with one attached hydrogen (secondary N) is 2. The van der Waals surface area contributed by atoms with Gasteiger partial charge in [0.05, 0.1) is 11.4 Å². The molecule has 0 atom stereocenters. The van der Waals surface area contributed by atoms with Crippen LogP contribution in [0, 0.1) is 0 Å². The minimum atomic E-state index is -1.23. The molecule has 0 aliphatic carbocycles. The second-order valence-electron chi connectivity index (χ2n) is 13.8. The van der Waals surface area contributed by atoms with Crippen molar-refractivity contribution in [3.63, 3.8) is 0 Å². The van der Waals surface area contributed by atoms with Gasteiger partial charge in [-0.05, 0) is 104 Å². The van der Waals surface area contributed by atoms with Crippen molar-refractivity contribution in [1.29, 1.82) is 0 Å². The number of aromatic carboxylic acids is 2. The van der Waals surface area contributed by atoms with Crippen molar-refractivity contribution in [2.24, 2.45) is 0 Å². The van der Waals surface area contributed by atoms with E-state index in [-0.39, 0.29) is 17.2 Å². The molecule has 3 aromatic heterocycles. The number of carboxylic acids is 2. The Labute approximate surface area is 312 Å². The average molecular weight is 736 g/mol. The van der Waals surface area contributed by atoms with Crippen LogP contribution < -0.4 is 16.0 Å². The van der Waals surface area contributed by atoms with Gasteiger partial charge in [0.1, 0.15) is 16.7 Å². The van der Waals surface area contributed by atoms with Crippen molar-refractivity contribution in [2.75, 3.05) is 31.1 Å². The van der Waals surface area contributed by atoms with E-state index in [0.717, 1.165) is 33.6 Å². The van der Waals surface area contributed by atoms with E-state index in [9.17, 15) is 29.1 Å². The summed E-state index contributed by atoms with van der Waals surface area (Å²) in [6.07, 6.45) is 4.85. The molecule has 1 saturated heterocycles. The number of anilines is 1. The monoisotopic (exact) mass is 735 g/mol. The third-order valence-electron chi connectivity index (χ3n) is 8.98. The molecule has 1 amide bonds. The number of aryl methyl sites for hydroxylation is 2. The zero-order chi connectivity index (χ0) is 39.2. The van der Waals surface area contributed by atoms with Crippen LogP contribution in [0.25, 0.3) is 28.2 Å². The Bertz CT molecular complexity index is 2220. The van der Waals surface area contributed by atoms with Gasteiger partial charge in [-0.3, -0.25) is 9.59 Å². The van der Waals surface area contributed by atoms with Crippen LogP contribution in [-0.4, -0.2) is 79.5 Å². The fraction of sp³-hybridized carbons (Fsp3) is 0.293. The summed E-state index contributed by atoms with van der Waals surface area (Å²) in [5.41, 5.74) is 4.42. The fourth-order valence-electron chi connectivity index (χ4n) is 6.16. The molecule has 0 bridgehead atoms. The summed E-state index contributed by atoms with van der Waals surface area (Å²) in [4.78, 5) is 68.0. The van der Waals surface area contributed by atoms with Crippen molar-refractivity contribution in [3.05, 3.63) is 128 Å². The van der Waals surface area contributed by atoms with Crippen LogP contribution in [0.1, 0.15) is 66.5 Å². The lowest BCUT2D eigenvalue weighted by atomic mass is 10.0. The van der Waals surface area contributed by atoms with Gasteiger partial charge in [0.2, 0.25) is 0 Å². The maximum Gasteiger partial charge on any atom is 0.410 e. The molecule has 13 nitrogen and oxygen atoms in total. The number of rotatable bonds is 8. The lowest BCUT2D eigenvalue weighted by Crippen LogP contribution is -2.50. The molecule has 13 heteroatoms. The van der Waals surface area contributed by atoms with E-state index in [1.54, 1.807) is 4.90 Å². The van der Waals surface area contributed by atoms with Crippen LogP contribution in [0.2, 0.25) is 0 Å². The van der Waals surface area contributed by atoms with Gasteiger partial charge in [0.25, 0.3) is 11.1 Å². The molecule has 0 unspecified atom stereocenters. The number of carbonyl (C=O) groups excluding carboxylic acids is 1. The molecule has 6 rings (SSSR count). The molecule has 2 aromatic carbocycles. The summed E-state index contributed by atoms with van der Waals surface area (Å²) >= 11 is 0. The predicted octanol–water partition coefficient (Wildman–Crippen LogP) is 6.45. The number of hydrogen-bond donors (Lipinski definition) is 4. The van der Waals surface area contributed by atoms with Crippen LogP contribution in [0.15, 0.2) is 94.8 Å². The molecule has 4 N–H and O–H groups in total. The number of nitrogens with zero attached hydrogens (tertiary/aromatic N) is 3. The number of ether oxygens (including phenoxy) is 1. The van der Waals surface area contributed by atoms with Crippen LogP contribution in [0.4, 0.5) is 10.5 Å². The molecule has 0 radical (unpaired) electrons. The van der Waals surface area contributed by atoms with Gasteiger partial charge in [-0.1, -0.05) is 38.1 Å². The molecule has 1 aliphatic rings. The SMILES string of the molecule is CCc1cc(C(=O)O)c(=O)[nH]c1-c1ccc(-n2cccc2)cc1.CCc1cc(C(=O)O)c(=O)[nH]c1-c1ccc(N2CCN(C(=O)OC(C)(C)C)CC2)cc1. The lowest BCUT2D eigenvalue weighted by Gasteiger charge is -2.36. The Morgan fingerprint density at radius 1 is 0.685 bits per heavy atom. The molecular weight excluding hydrogens is 690 g/mol. The third-order valence-corrected chi connectivity index (χ3v) is 8.98. The first-order chi connectivity index (χ1) is 25.7. The highest BCUT2D eigenvalue weighted by atomic mass is 16.6. The Balaban J connectivity index is 0.000000217. The van der Waals surface area contributed by atoms with Crippen LogP contribution in [0.5, 0.6) is 0 Å². The van der Waals surface area contributed by atoms with Crippen molar-refractivity contribution in [1.82, 2.24) is 19.4 Å². The summed E-state index contributed by atoms with van der Waals surface area (Å²) in [5, 5.41) is 18.2. The Morgan fingerprint density at radius 3 is 1.50 bits per heavy atom. The minimum Gasteiger partial charge on any atom is -0.477 e. The van der Waals surface area contributed by atoms with E-state index >= 15 is 0 Å². The standard InChI is InChI=1S/C23H29N3O5.C18H16N2O3/c1-5-15-14-18(21(28)29)20(27)24-19(15)16-6-8-17(9-7-16)25-10-12-26(13-11-25)22(30)31-23(2,3)4;1-2-12-11-15(18(22)23)17(21)19-16(12)13-5-7-14(8-6-13)20-9-3-4-10-20/h6-9,14H,5,10-13H2,1-4H3,(H,24,27)(H,28,29);3-11H,2H2,1H3,(H,19,21)(H,22,23). The second-order valence-corrected chi connectivity index (χ2v) is 13.8. The van der Waals surface area contributed by atoms with Crippen molar-refractivity contribution in [3.8, 4) is 28.2 Å². The summed E-state index contributed by atoms with van der Waals surface area (Å²) < 4.78 is 7.43. The minimum absolute atomic E-state index is 0.227. The molecule has 282 valence electrons. The van der Waals surface area contributed by atoms with Crippen LogP contribution in [-0.2, 0) is 17.6 Å². The highest BCUT2D eigenvalue weighted by molar-refractivity contribution is 5.88. The number of aromatic nitrogens is 3. The maximum absolute atomic E-state index is 12.2. The molecule has 1 fully saturated rings. The number of H-pyrrole nitrogens is 2. The Kier molecular flexibility index (Phi) is 11.9. The highest BCUT2D eigenvalue weighted by Gasteiger charge is 2.26. The summed E-state index contributed by atoms with van der Waals surface area (Å²) in [6.45, 7) is 12.0. The summed E-state index contributed by atoms with van der Waals surface area (Å²) in [5.74, 6) is -2.45. The van der Waals surface area contributed by atoms with Crippen LogP contribution in [0.3, 0.4) is 0 Å². The summed E-state index contributed by atoms with van der Waals surface area (Å²) in [7, 11) is 0. The van der Waals surface area contributed by atoms with E-state index in [4.69, 9.17) is 9.84 Å². The van der Waals surface area contributed by atoms with Crippen molar-refractivity contribution >= 4 is 23.7 Å². The van der Waals surface area contributed by atoms with E-state index in [0.29, 0.717) is 50.4 Å². The zero-order valence-corrected chi connectivity index (χ0v) is 31.0. The lowest BCUT2D eigenvalue weighted by molar-refractivity contribution is 0.0240. The predicted molar refractivity (Wildman–Crippen MR) is 207 cm³/mol. The average Bonchev–Trinajstić information content (AvgIpc) is 3.70. The highest BCUT2D eigenvalue weighted by Crippen LogP contribution is 2.26. The fourth-order valence-corrected chi connectivity index (χ4v) is 6.16. The van der Waals surface area contributed by atoms with E-state index in [2.05, 4.69) is 14.9 Å². The topological polar surface area (TPSA) is 178 Å². The number of amides is 1. The van der Waals surface area contributed by atoms with Gasteiger partial charge in [-0.25, -0.2) is 14.4 Å². The van der Waals surface area contributed by atoms with Crippen molar-refractivity contribution < 1.29 is 29.3 Å². The van der Waals surface area contributed by atoms with Crippen molar-refractivity contribution in [2.45, 2.75) is 53.1 Å². The van der Waals surface area contributed by atoms with Gasteiger partial charge in [0.15, 0.2) is 0 Å². The van der Waals surface area contributed by atoms with E-state index in [1.165, 1.54) is 12.1 Å². The molecule has 0 saturated carbocycles. The molecule has 54 heavy (non-hydrogen) atoms. The number of carbonyl (C=O) groups is 3. The number of benzene rings is 2. The maximum atomic E-state index is 12.2. The zero-order valence-electron chi connectivity index (χ0n) is 31.0. The first-order valence-electron chi connectivity index (χ1n) is 17.7. The summed E-state index contributed by atoms with van der Waals surface area (Å²) in [6, 6.07) is 22.3. The molecule has 4 heterocycles. The van der Waals surface area contributed by atoms with Gasteiger partial charge < -0.3 is 39.3 Å². The first-order valence-corrected chi connectivity index (χ1v) is 17.7. The van der Waals surface area contributed by atoms with Gasteiger partial charge in [0, 0.05) is 49.9 Å². The quantitative estimate of drug-likeness (QED) is 0.139. The number of carboxylic acid groups (broad SMARTS) is 2. The first kappa shape index (κ1) is 38.9. The van der Waals surface area contributed by atoms with E-state index < -0.39 is 28.7 Å². The van der Waals surface area contributed by atoms with Gasteiger partial charge in [-0.15, -0.1) is 0 Å². The number of aromatic amines is 2. The molecular formula is C41H45N5O8. The Hall–Kier alpha value is -6.37. The Morgan fingerprint density at radius 2 is 1.11 bits per heavy atom. The number of hydrogen-bond acceptors (Lipinski definition) is 7. The normalized spacial score (nSPS) is 12.8. The molecule has 5 aromatic rings. The second kappa shape index (κ2) is 16.5. The van der Waals surface area contributed by atoms with Crippen LogP contribution >= 0.6 is 0 Å². The van der Waals surface area contributed by atoms with E-state index in [1.807, 2.05) is 112 Å². The van der Waals surface area contributed by atoms with Gasteiger partial charge >= 0.3 is 18.0 Å².